The van der Waals surface area contributed by atoms with E-state index in [0.717, 1.165) is 0 Å². The average molecular weight is 361 g/mol. The van der Waals surface area contributed by atoms with Gasteiger partial charge in [-0.1, -0.05) is 0 Å². The number of aliphatic hydroxyl groups is 2. The Hall–Kier alpha value is -1.66. The van der Waals surface area contributed by atoms with Gasteiger partial charge in [-0.2, -0.15) is 0 Å². The zero-order chi connectivity index (χ0) is 17.6. The number of ether oxygens (including phenoxy) is 1. The number of imidazole rings is 1. The third-order valence-corrected chi connectivity index (χ3v) is 4.31. The lowest BCUT2D eigenvalue weighted by atomic mass is 10.1. The first-order valence-corrected chi connectivity index (χ1v) is 8.40. The molecule has 0 bridgehead atoms. The summed E-state index contributed by atoms with van der Waals surface area (Å²) in [4.78, 5) is 29.6. The van der Waals surface area contributed by atoms with E-state index in [1.807, 2.05) is 0 Å². The Morgan fingerprint density at radius 2 is 2.04 bits per heavy atom. The highest BCUT2D eigenvalue weighted by atomic mass is 31.2. The lowest BCUT2D eigenvalue weighted by Crippen LogP contribution is -2.38. The zero-order valence-electron chi connectivity index (χ0n) is 12.4. The highest BCUT2D eigenvalue weighted by Crippen LogP contribution is 2.41. The van der Waals surface area contributed by atoms with Gasteiger partial charge in [0.15, 0.2) is 17.7 Å². The molecule has 0 amide bonds. The van der Waals surface area contributed by atoms with Gasteiger partial charge in [-0.05, 0) is 6.92 Å². The van der Waals surface area contributed by atoms with Gasteiger partial charge < -0.3 is 30.5 Å². The van der Waals surface area contributed by atoms with Gasteiger partial charge in [-0.3, -0.25) is 9.09 Å². The minimum Gasteiger partial charge on any atom is -0.387 e. The molecule has 3 rings (SSSR count). The Labute approximate surface area is 135 Å². The van der Waals surface area contributed by atoms with Crippen molar-refractivity contribution in [3.63, 3.8) is 0 Å². The van der Waals surface area contributed by atoms with Crippen molar-refractivity contribution in [1.29, 1.82) is 0 Å². The number of anilines is 1. The molecule has 1 unspecified atom stereocenters. The molecule has 0 aromatic carbocycles. The highest BCUT2D eigenvalue weighted by Gasteiger charge is 2.48. The molecule has 2 aromatic heterocycles. The SMILES string of the molecule is CC(OP(=O)(O)O)[C@H]1O[C@@H](n2cnc3c(N)ncnc32)[C@H](O)[C@@H]1O. The standard InChI is InChI=1S/C11H16N5O7P/c1-4(23-24(19,20)21)8-6(17)7(18)11(22-8)16-3-15-5-9(12)13-2-14-10(5)16/h2-4,6-8,11,17-18H,1H3,(H2,12,13,14)(H2,19,20,21)/t4?,6-,7+,8+,11+/m0/s1. The third kappa shape index (κ3) is 3.00. The minimum absolute atomic E-state index is 0.140. The van der Waals surface area contributed by atoms with Crippen LogP contribution < -0.4 is 5.73 Å². The molecule has 2 aromatic rings. The molecule has 5 atom stereocenters. The van der Waals surface area contributed by atoms with Crippen molar-refractivity contribution in [2.24, 2.45) is 0 Å². The van der Waals surface area contributed by atoms with Crippen molar-refractivity contribution in [3.8, 4) is 0 Å². The number of fused-ring (bicyclic) bond motifs is 1. The fraction of sp³-hybridized carbons (Fsp3) is 0.545. The molecule has 0 radical (unpaired) electrons. The van der Waals surface area contributed by atoms with Gasteiger partial charge in [0, 0.05) is 0 Å². The molecule has 24 heavy (non-hydrogen) atoms. The van der Waals surface area contributed by atoms with E-state index >= 15 is 0 Å². The first-order valence-electron chi connectivity index (χ1n) is 6.87. The number of hydrogen-bond donors (Lipinski definition) is 5. The van der Waals surface area contributed by atoms with Crippen LogP contribution in [0.2, 0.25) is 0 Å². The van der Waals surface area contributed by atoms with Crippen molar-refractivity contribution in [2.75, 3.05) is 5.73 Å². The van der Waals surface area contributed by atoms with Crippen LogP contribution in [0, 0.1) is 0 Å². The summed E-state index contributed by atoms with van der Waals surface area (Å²) in [5, 5.41) is 20.3. The van der Waals surface area contributed by atoms with Gasteiger partial charge in [0.05, 0.1) is 12.4 Å². The maximum absolute atomic E-state index is 10.9. The first-order chi connectivity index (χ1) is 11.2. The lowest BCUT2D eigenvalue weighted by molar-refractivity contribution is -0.0757. The number of aliphatic hydroxyl groups excluding tert-OH is 2. The monoisotopic (exact) mass is 361 g/mol. The number of nitrogens with two attached hydrogens (primary N) is 1. The maximum atomic E-state index is 10.9. The minimum atomic E-state index is -4.78. The second-order valence-electron chi connectivity index (χ2n) is 5.36. The van der Waals surface area contributed by atoms with Gasteiger partial charge >= 0.3 is 7.82 Å². The summed E-state index contributed by atoms with van der Waals surface area (Å²) in [5.41, 5.74) is 6.27. The number of nitrogens with zero attached hydrogens (tertiary/aromatic N) is 4. The van der Waals surface area contributed by atoms with E-state index < -0.39 is 38.5 Å². The summed E-state index contributed by atoms with van der Waals surface area (Å²) < 4.78 is 22.3. The van der Waals surface area contributed by atoms with E-state index in [0.29, 0.717) is 5.52 Å². The Kier molecular flexibility index (Phi) is 4.30. The van der Waals surface area contributed by atoms with Crippen molar-refractivity contribution < 1.29 is 33.8 Å². The summed E-state index contributed by atoms with van der Waals surface area (Å²) >= 11 is 0. The molecule has 13 heteroatoms. The van der Waals surface area contributed by atoms with Gasteiger partial charge in [0.25, 0.3) is 0 Å². The number of phosphoric acid groups is 1. The van der Waals surface area contributed by atoms with Crippen molar-refractivity contribution in [1.82, 2.24) is 19.5 Å². The quantitative estimate of drug-likeness (QED) is 0.400. The van der Waals surface area contributed by atoms with Crippen LogP contribution in [0.25, 0.3) is 11.2 Å². The fourth-order valence-corrected chi connectivity index (χ4v) is 3.19. The molecular formula is C11H16N5O7P. The van der Waals surface area contributed by atoms with Gasteiger partial charge in [0.1, 0.15) is 30.2 Å². The Bertz CT molecular complexity index is 794. The van der Waals surface area contributed by atoms with Crippen molar-refractivity contribution >= 4 is 24.8 Å². The molecule has 0 spiro atoms. The fourth-order valence-electron chi connectivity index (χ4n) is 2.64. The van der Waals surface area contributed by atoms with Crippen molar-refractivity contribution in [2.45, 2.75) is 37.6 Å². The van der Waals surface area contributed by atoms with E-state index in [4.69, 9.17) is 20.3 Å². The van der Waals surface area contributed by atoms with Crippen LogP contribution in [0.1, 0.15) is 13.2 Å². The van der Waals surface area contributed by atoms with E-state index in [1.54, 1.807) is 0 Å². The van der Waals surface area contributed by atoms with E-state index in [9.17, 15) is 14.8 Å². The predicted molar refractivity (Wildman–Crippen MR) is 78.3 cm³/mol. The van der Waals surface area contributed by atoms with E-state index in [2.05, 4.69) is 19.5 Å². The Morgan fingerprint density at radius 1 is 1.33 bits per heavy atom. The number of aromatic nitrogens is 4. The Morgan fingerprint density at radius 3 is 2.71 bits per heavy atom. The molecule has 12 nitrogen and oxygen atoms in total. The van der Waals surface area contributed by atoms with Crippen molar-refractivity contribution in [3.05, 3.63) is 12.7 Å². The molecule has 1 saturated heterocycles. The molecule has 6 N–H and O–H groups in total. The molecule has 1 aliphatic rings. The molecule has 3 heterocycles. The van der Waals surface area contributed by atoms with E-state index in [1.165, 1.54) is 24.1 Å². The smallest absolute Gasteiger partial charge is 0.387 e. The summed E-state index contributed by atoms with van der Waals surface area (Å²) in [5.74, 6) is 0.140. The van der Waals surface area contributed by atoms with E-state index in [-0.39, 0.29) is 11.5 Å². The van der Waals surface area contributed by atoms with Crippen LogP contribution in [-0.4, -0.2) is 63.9 Å². The van der Waals surface area contributed by atoms with Crippen LogP contribution >= 0.6 is 7.82 Å². The van der Waals surface area contributed by atoms with Crippen LogP contribution in [-0.2, 0) is 13.8 Å². The second kappa shape index (κ2) is 6.01. The number of rotatable bonds is 4. The predicted octanol–water partition coefficient (Wildman–Crippen LogP) is -1.47. The zero-order valence-corrected chi connectivity index (χ0v) is 13.3. The Balaban J connectivity index is 1.89. The number of nitrogen functional groups attached to an aromatic ring is 1. The van der Waals surface area contributed by atoms with Gasteiger partial charge in [-0.25, -0.2) is 19.5 Å². The van der Waals surface area contributed by atoms with Crippen LogP contribution in [0.4, 0.5) is 5.82 Å². The molecule has 132 valence electrons. The molecule has 1 aliphatic heterocycles. The summed E-state index contributed by atoms with van der Waals surface area (Å²) in [6, 6.07) is 0. The lowest BCUT2D eigenvalue weighted by Gasteiger charge is -2.22. The molecule has 0 saturated carbocycles. The summed E-state index contributed by atoms with van der Waals surface area (Å²) in [6.45, 7) is 1.31. The topological polar surface area (TPSA) is 186 Å². The van der Waals surface area contributed by atoms with Crippen LogP contribution in [0.3, 0.4) is 0 Å². The highest BCUT2D eigenvalue weighted by molar-refractivity contribution is 7.46. The molecular weight excluding hydrogens is 345 g/mol. The largest absolute Gasteiger partial charge is 0.469 e. The number of phosphoric ester groups is 1. The number of hydrogen-bond acceptors (Lipinski definition) is 9. The van der Waals surface area contributed by atoms with Crippen LogP contribution in [0.15, 0.2) is 12.7 Å². The molecule has 1 fully saturated rings. The molecule has 0 aliphatic carbocycles. The normalized spacial score (nSPS) is 29.2. The third-order valence-electron chi connectivity index (χ3n) is 3.70. The summed E-state index contributed by atoms with van der Waals surface area (Å²) in [6.07, 6.45) is -3.74. The average Bonchev–Trinajstić information content (AvgIpc) is 3.01. The second-order valence-corrected chi connectivity index (χ2v) is 6.55. The van der Waals surface area contributed by atoms with Gasteiger partial charge in [0.2, 0.25) is 0 Å². The maximum Gasteiger partial charge on any atom is 0.469 e. The van der Waals surface area contributed by atoms with Crippen LogP contribution in [0.5, 0.6) is 0 Å². The van der Waals surface area contributed by atoms with Gasteiger partial charge in [-0.15, -0.1) is 0 Å². The first kappa shape index (κ1) is 17.2. The summed E-state index contributed by atoms with van der Waals surface area (Å²) in [7, 11) is -4.78.